The molecule has 0 saturated heterocycles. The van der Waals surface area contributed by atoms with Gasteiger partial charge in [0.05, 0.1) is 29.0 Å². The van der Waals surface area contributed by atoms with Gasteiger partial charge >= 0.3 is 11.9 Å². The maximum absolute atomic E-state index is 13.4. The van der Waals surface area contributed by atoms with Crippen molar-refractivity contribution in [3.63, 3.8) is 0 Å². The molecule has 2 aliphatic rings. The van der Waals surface area contributed by atoms with E-state index in [4.69, 9.17) is 14.5 Å². The van der Waals surface area contributed by atoms with Crippen LogP contribution in [0.1, 0.15) is 35.3 Å². The third-order valence-corrected chi connectivity index (χ3v) is 7.15. The van der Waals surface area contributed by atoms with Crippen LogP contribution in [-0.2, 0) is 43.4 Å². The molecule has 4 heterocycles. The minimum Gasteiger partial charge on any atom is -0.458 e. The molecule has 4 aromatic rings. The van der Waals surface area contributed by atoms with Gasteiger partial charge in [0.25, 0.3) is 5.56 Å². The number of amides is 1. The van der Waals surface area contributed by atoms with Crippen molar-refractivity contribution in [1.29, 1.82) is 0 Å². The highest BCUT2D eigenvalue weighted by Crippen LogP contribution is 2.36. The first-order chi connectivity index (χ1) is 18.9. The maximum atomic E-state index is 13.4. The largest absolute Gasteiger partial charge is 0.458 e. The normalized spacial score (nSPS) is 16.0. The Hall–Kier alpha value is -4.79. The van der Waals surface area contributed by atoms with Crippen LogP contribution in [0.15, 0.2) is 71.5 Å². The van der Waals surface area contributed by atoms with Crippen molar-refractivity contribution in [1.82, 2.24) is 14.9 Å². The minimum atomic E-state index is -1.41. The lowest BCUT2D eigenvalue weighted by Gasteiger charge is -2.25. The molecule has 9 heteroatoms. The van der Waals surface area contributed by atoms with Gasteiger partial charge in [-0.1, -0.05) is 55.5 Å². The summed E-state index contributed by atoms with van der Waals surface area (Å²) in [6, 6.07) is 20.9. The molecule has 6 rings (SSSR count). The molecule has 0 saturated carbocycles. The average Bonchev–Trinajstić information content (AvgIpc) is 3.30. The van der Waals surface area contributed by atoms with Gasteiger partial charge in [0.15, 0.2) is 0 Å². The number of hydrogen-bond acceptors (Lipinski definition) is 7. The molecule has 0 aliphatic carbocycles. The van der Waals surface area contributed by atoms with Crippen molar-refractivity contribution < 1.29 is 23.9 Å². The molecule has 2 atom stereocenters. The van der Waals surface area contributed by atoms with E-state index in [0.717, 1.165) is 22.0 Å². The molecule has 2 aliphatic heterocycles. The lowest BCUT2D eigenvalue weighted by atomic mass is 10.00. The van der Waals surface area contributed by atoms with Crippen molar-refractivity contribution >= 4 is 28.7 Å². The van der Waals surface area contributed by atoms with Crippen LogP contribution in [0.25, 0.3) is 22.3 Å². The summed E-state index contributed by atoms with van der Waals surface area (Å²) in [4.78, 5) is 56.0. The predicted molar refractivity (Wildman–Crippen MR) is 141 cm³/mol. The Bertz CT molecular complexity index is 1690. The molecule has 0 spiro atoms. The highest BCUT2D eigenvalue weighted by molar-refractivity contribution is 5.87. The number of aromatic nitrogens is 2. The topological polar surface area (TPSA) is 117 Å². The van der Waals surface area contributed by atoms with Gasteiger partial charge in [0, 0.05) is 22.4 Å². The van der Waals surface area contributed by atoms with Crippen molar-refractivity contribution in [2.75, 3.05) is 6.54 Å². The molecule has 2 aromatic heterocycles. The first-order valence-corrected chi connectivity index (χ1v) is 12.7. The zero-order valence-electron chi connectivity index (χ0n) is 21.2. The Balaban J connectivity index is 1.21. The summed E-state index contributed by atoms with van der Waals surface area (Å²) in [6.45, 7) is 1.49. The predicted octanol–water partition coefficient (Wildman–Crippen LogP) is 3.06. The van der Waals surface area contributed by atoms with Gasteiger partial charge in [-0.2, -0.15) is 0 Å². The summed E-state index contributed by atoms with van der Waals surface area (Å²) in [5, 5.41) is 3.54. The standard InChI is InChI=1S/C30H25N3O6/c1-17(11-18-7-3-2-4-8-18)28(35)31-14-25(34)39-27-21-13-24-26-20(12-19-9-5-6-10-23(19)32-26)15-33(24)29(36)22(21)16-38-30(27)37/h2-10,12-13,17,27H,11,14-16H2,1H3,(H,31,35)/t17?,27-/m0/s1. The second kappa shape index (κ2) is 9.83. The van der Waals surface area contributed by atoms with Crippen molar-refractivity contribution in [2.24, 2.45) is 5.92 Å². The van der Waals surface area contributed by atoms with E-state index in [1.54, 1.807) is 17.6 Å². The Morgan fingerprint density at radius 1 is 1.10 bits per heavy atom. The van der Waals surface area contributed by atoms with Crippen LogP contribution >= 0.6 is 0 Å². The number of carbonyl (C=O) groups is 3. The number of esters is 2. The van der Waals surface area contributed by atoms with Crippen LogP contribution in [0.5, 0.6) is 0 Å². The highest BCUT2D eigenvalue weighted by Gasteiger charge is 2.37. The monoisotopic (exact) mass is 523 g/mol. The maximum Gasteiger partial charge on any atom is 0.352 e. The number of carbonyl (C=O) groups excluding carboxylic acids is 3. The second-order valence-electron chi connectivity index (χ2n) is 9.83. The minimum absolute atomic E-state index is 0.208. The van der Waals surface area contributed by atoms with Gasteiger partial charge in [-0.05, 0) is 30.2 Å². The Kier molecular flexibility index (Phi) is 6.18. The number of ether oxygens (including phenoxy) is 2. The second-order valence-corrected chi connectivity index (χ2v) is 9.83. The van der Waals surface area contributed by atoms with E-state index in [-0.39, 0.29) is 35.1 Å². The molecule has 0 bridgehead atoms. The quantitative estimate of drug-likeness (QED) is 0.340. The number of benzene rings is 2. The molecular weight excluding hydrogens is 498 g/mol. The van der Waals surface area contributed by atoms with Gasteiger partial charge in [0.1, 0.15) is 13.2 Å². The molecule has 0 fully saturated rings. The van der Waals surface area contributed by atoms with Crippen LogP contribution < -0.4 is 10.9 Å². The summed E-state index contributed by atoms with van der Waals surface area (Å²) in [5.74, 6) is -2.26. The Morgan fingerprint density at radius 2 is 1.87 bits per heavy atom. The Morgan fingerprint density at radius 3 is 2.69 bits per heavy atom. The van der Waals surface area contributed by atoms with Crippen molar-refractivity contribution in [3.05, 3.63) is 99.3 Å². The molecule has 9 nitrogen and oxygen atoms in total. The van der Waals surface area contributed by atoms with Crippen LogP contribution in [0.3, 0.4) is 0 Å². The van der Waals surface area contributed by atoms with Crippen molar-refractivity contribution in [3.8, 4) is 11.4 Å². The number of nitrogens with zero attached hydrogens (tertiary/aromatic N) is 2. The van der Waals surface area contributed by atoms with Crippen LogP contribution in [0, 0.1) is 5.92 Å². The van der Waals surface area contributed by atoms with E-state index >= 15 is 0 Å². The number of para-hydroxylation sites is 1. The van der Waals surface area contributed by atoms with Crippen LogP contribution in [0.2, 0.25) is 0 Å². The van der Waals surface area contributed by atoms with E-state index in [9.17, 15) is 19.2 Å². The molecule has 1 unspecified atom stereocenters. The summed E-state index contributed by atoms with van der Waals surface area (Å²) < 4.78 is 12.3. The number of pyridine rings is 2. The van der Waals surface area contributed by atoms with Gasteiger partial charge in [-0.15, -0.1) is 0 Å². The van der Waals surface area contributed by atoms with E-state index in [2.05, 4.69) is 5.32 Å². The fourth-order valence-corrected chi connectivity index (χ4v) is 5.14. The smallest absolute Gasteiger partial charge is 0.352 e. The number of hydrogen-bond donors (Lipinski definition) is 1. The lowest BCUT2D eigenvalue weighted by molar-refractivity contribution is -0.171. The number of fused-ring (bicyclic) bond motifs is 5. The number of nitrogens with one attached hydrogen (secondary N) is 1. The molecular formula is C30H25N3O6. The third-order valence-electron chi connectivity index (χ3n) is 7.15. The first kappa shape index (κ1) is 24.5. The molecule has 2 aromatic carbocycles. The molecule has 1 amide bonds. The van der Waals surface area contributed by atoms with E-state index in [1.165, 1.54) is 0 Å². The fraction of sp³-hybridized carbons (Fsp3) is 0.233. The Labute approximate surface area is 223 Å². The van der Waals surface area contributed by atoms with E-state index in [0.29, 0.717) is 24.4 Å². The molecule has 0 radical (unpaired) electrons. The first-order valence-electron chi connectivity index (χ1n) is 12.7. The zero-order valence-corrected chi connectivity index (χ0v) is 21.2. The SMILES string of the molecule is CC(Cc1ccccc1)C(=O)NCC(=O)O[C@@H]1C(=O)OCc2c1cc1n(c2=O)Cc2cc3ccccc3nc2-1. The van der Waals surface area contributed by atoms with Gasteiger partial charge in [0.2, 0.25) is 12.0 Å². The van der Waals surface area contributed by atoms with Gasteiger partial charge < -0.3 is 19.4 Å². The molecule has 1 N–H and O–H groups in total. The average molecular weight is 524 g/mol. The zero-order chi connectivity index (χ0) is 27.1. The molecule has 39 heavy (non-hydrogen) atoms. The van der Waals surface area contributed by atoms with E-state index in [1.807, 2.05) is 60.7 Å². The highest BCUT2D eigenvalue weighted by atomic mass is 16.6. The summed E-state index contributed by atoms with van der Waals surface area (Å²) in [6.07, 6.45) is -0.896. The summed E-state index contributed by atoms with van der Waals surface area (Å²) in [5.41, 5.74) is 4.11. The summed E-state index contributed by atoms with van der Waals surface area (Å²) >= 11 is 0. The van der Waals surface area contributed by atoms with Gasteiger partial charge in [-0.3, -0.25) is 14.4 Å². The number of cyclic esters (lactones) is 1. The number of rotatable bonds is 6. The van der Waals surface area contributed by atoms with Gasteiger partial charge in [-0.25, -0.2) is 9.78 Å². The third kappa shape index (κ3) is 4.56. The summed E-state index contributed by atoms with van der Waals surface area (Å²) in [7, 11) is 0. The molecule has 196 valence electrons. The van der Waals surface area contributed by atoms with Crippen molar-refractivity contribution in [2.45, 2.75) is 32.6 Å². The lowest BCUT2D eigenvalue weighted by Crippen LogP contribution is -2.38. The van der Waals surface area contributed by atoms with Crippen LogP contribution in [0.4, 0.5) is 0 Å². The van der Waals surface area contributed by atoms with E-state index < -0.39 is 24.6 Å². The fourth-order valence-electron chi connectivity index (χ4n) is 5.14. The van der Waals surface area contributed by atoms with Crippen LogP contribution in [-0.4, -0.2) is 33.9 Å².